The summed E-state index contributed by atoms with van der Waals surface area (Å²) in [6, 6.07) is 1.21. The molecule has 0 aliphatic carbocycles. The molecule has 1 saturated heterocycles. The van der Waals surface area contributed by atoms with Gasteiger partial charge in [-0.05, 0) is 26.7 Å². The van der Waals surface area contributed by atoms with Crippen molar-refractivity contribution in [3.05, 3.63) is 23.7 Å². The first kappa shape index (κ1) is 13.6. The summed E-state index contributed by atoms with van der Waals surface area (Å²) < 4.78 is 10.6. The molecule has 1 aromatic heterocycles. The Balaban J connectivity index is 1.86. The van der Waals surface area contributed by atoms with Gasteiger partial charge in [-0.25, -0.2) is 4.79 Å². The van der Waals surface area contributed by atoms with Crippen LogP contribution in [0.5, 0.6) is 0 Å². The van der Waals surface area contributed by atoms with Crippen molar-refractivity contribution in [2.45, 2.75) is 38.4 Å². The van der Waals surface area contributed by atoms with Crippen LogP contribution in [0.2, 0.25) is 0 Å². The van der Waals surface area contributed by atoms with Crippen LogP contribution in [0, 0.1) is 0 Å². The van der Waals surface area contributed by atoms with Crippen molar-refractivity contribution in [2.24, 2.45) is 0 Å². The van der Waals surface area contributed by atoms with Crippen LogP contribution >= 0.6 is 0 Å². The van der Waals surface area contributed by atoms with E-state index in [0.29, 0.717) is 6.54 Å². The molecule has 2 rings (SSSR count). The van der Waals surface area contributed by atoms with Crippen LogP contribution in [0.4, 0.5) is 0 Å². The fourth-order valence-corrected chi connectivity index (χ4v) is 2.08. The van der Waals surface area contributed by atoms with Crippen LogP contribution in [0.25, 0.3) is 0 Å². The van der Waals surface area contributed by atoms with E-state index in [9.17, 15) is 9.59 Å². The van der Waals surface area contributed by atoms with Gasteiger partial charge in [-0.15, -0.1) is 0 Å². The Morgan fingerprint density at radius 1 is 1.53 bits per heavy atom. The molecule has 1 aliphatic heterocycles. The van der Waals surface area contributed by atoms with Crippen LogP contribution in [0.15, 0.2) is 16.7 Å². The average molecular weight is 267 g/mol. The third kappa shape index (κ3) is 3.35. The maximum Gasteiger partial charge on any atom is 0.338 e. The van der Waals surface area contributed by atoms with Gasteiger partial charge in [0.1, 0.15) is 6.26 Å². The number of carbonyl (C=O) groups is 2. The lowest BCUT2D eigenvalue weighted by Gasteiger charge is -2.19. The summed E-state index contributed by atoms with van der Waals surface area (Å²) >= 11 is 0. The molecule has 104 valence electrons. The predicted molar refractivity (Wildman–Crippen MR) is 66.2 cm³/mol. The van der Waals surface area contributed by atoms with E-state index in [2.05, 4.69) is 5.32 Å². The number of carboxylic acids is 1. The molecule has 0 radical (unpaired) electrons. The Kier molecular flexibility index (Phi) is 3.61. The van der Waals surface area contributed by atoms with Crippen molar-refractivity contribution in [3.8, 4) is 0 Å². The lowest BCUT2D eigenvalue weighted by atomic mass is 10.1. The van der Waals surface area contributed by atoms with E-state index in [4.69, 9.17) is 14.3 Å². The molecule has 1 aliphatic rings. The molecule has 1 fully saturated rings. The highest BCUT2D eigenvalue weighted by Crippen LogP contribution is 2.28. The molecular weight excluding hydrogens is 250 g/mol. The maximum absolute atomic E-state index is 11.7. The third-order valence-electron chi connectivity index (χ3n) is 3.11. The smallest absolute Gasteiger partial charge is 0.338 e. The molecule has 6 nitrogen and oxygen atoms in total. The molecule has 2 N–H and O–H groups in total. The Morgan fingerprint density at radius 3 is 2.79 bits per heavy atom. The molecule has 0 aromatic carbocycles. The largest absolute Gasteiger partial charge is 0.478 e. The van der Waals surface area contributed by atoms with Crippen LogP contribution in [0.3, 0.4) is 0 Å². The van der Waals surface area contributed by atoms with Gasteiger partial charge in [0.25, 0.3) is 5.91 Å². The number of aromatic carboxylic acids is 1. The van der Waals surface area contributed by atoms with E-state index in [1.165, 1.54) is 6.07 Å². The Hall–Kier alpha value is -1.82. The van der Waals surface area contributed by atoms with Gasteiger partial charge in [0, 0.05) is 12.6 Å². The average Bonchev–Trinajstić information content (AvgIpc) is 2.92. The first-order chi connectivity index (χ1) is 8.87. The monoisotopic (exact) mass is 267 g/mol. The van der Waals surface area contributed by atoms with E-state index in [1.54, 1.807) is 0 Å². The van der Waals surface area contributed by atoms with Crippen molar-refractivity contribution < 1.29 is 23.8 Å². The number of ether oxygens (including phenoxy) is 1. The molecular formula is C13H17NO5. The first-order valence-electron chi connectivity index (χ1n) is 6.15. The zero-order chi connectivity index (χ0) is 14.0. The number of rotatable bonds is 4. The topological polar surface area (TPSA) is 88.8 Å². The maximum atomic E-state index is 11.7. The van der Waals surface area contributed by atoms with Crippen molar-refractivity contribution >= 4 is 11.9 Å². The summed E-state index contributed by atoms with van der Waals surface area (Å²) in [5.74, 6) is -1.56. The number of furan rings is 1. The molecule has 6 heteroatoms. The lowest BCUT2D eigenvalue weighted by molar-refractivity contribution is -0.0139. The highest BCUT2D eigenvalue weighted by atomic mass is 16.5. The number of nitrogens with one attached hydrogen (secondary N) is 1. The molecule has 2 heterocycles. The summed E-state index contributed by atoms with van der Waals surface area (Å²) in [7, 11) is 0. The summed E-state index contributed by atoms with van der Waals surface area (Å²) in [5.41, 5.74) is -0.181. The first-order valence-corrected chi connectivity index (χ1v) is 6.15. The van der Waals surface area contributed by atoms with Crippen molar-refractivity contribution in [2.75, 3.05) is 6.54 Å². The molecule has 1 aromatic rings. The number of hydrogen-bond donors (Lipinski definition) is 2. The SMILES string of the molecule is CC1(C)CCC(CNC(=O)c2cc(C(=O)O)co2)O1. The molecule has 19 heavy (non-hydrogen) atoms. The van der Waals surface area contributed by atoms with Crippen molar-refractivity contribution in [1.29, 1.82) is 0 Å². The summed E-state index contributed by atoms with van der Waals surface area (Å²) in [6.07, 6.45) is 2.89. The lowest BCUT2D eigenvalue weighted by Crippen LogP contribution is -2.33. The minimum atomic E-state index is -1.12. The molecule has 1 atom stereocenters. The third-order valence-corrected chi connectivity index (χ3v) is 3.11. The standard InChI is InChI=1S/C13H17NO5/c1-13(2)4-3-9(19-13)6-14-11(15)10-5-8(7-18-10)12(16)17/h5,7,9H,3-4,6H2,1-2H3,(H,14,15)(H,16,17). The molecule has 1 amide bonds. The number of hydrogen-bond acceptors (Lipinski definition) is 4. The van der Waals surface area contributed by atoms with Gasteiger partial charge in [-0.2, -0.15) is 0 Å². The molecule has 1 unspecified atom stereocenters. The Morgan fingerprint density at radius 2 is 2.26 bits per heavy atom. The second-order valence-electron chi connectivity index (χ2n) is 5.25. The van der Waals surface area contributed by atoms with Gasteiger partial charge >= 0.3 is 5.97 Å². The van der Waals surface area contributed by atoms with Crippen LogP contribution in [-0.4, -0.2) is 35.2 Å². The van der Waals surface area contributed by atoms with Gasteiger partial charge in [0.05, 0.1) is 17.3 Å². The van der Waals surface area contributed by atoms with Gasteiger partial charge in [-0.1, -0.05) is 0 Å². The second kappa shape index (κ2) is 5.05. The van der Waals surface area contributed by atoms with E-state index in [1.807, 2.05) is 13.8 Å². The van der Waals surface area contributed by atoms with E-state index in [0.717, 1.165) is 19.1 Å². The molecule has 0 spiro atoms. The minimum Gasteiger partial charge on any atom is -0.478 e. The number of carboxylic acid groups (broad SMARTS) is 1. The van der Waals surface area contributed by atoms with Crippen LogP contribution in [0.1, 0.15) is 47.6 Å². The quantitative estimate of drug-likeness (QED) is 0.866. The Bertz CT molecular complexity index is 491. The summed E-state index contributed by atoms with van der Waals surface area (Å²) in [5, 5.41) is 11.4. The minimum absolute atomic E-state index is 0.00495. The molecule has 0 bridgehead atoms. The Labute approximate surface area is 110 Å². The predicted octanol–water partition coefficient (Wildman–Crippen LogP) is 1.67. The molecule has 0 saturated carbocycles. The van der Waals surface area contributed by atoms with Crippen LogP contribution in [-0.2, 0) is 4.74 Å². The van der Waals surface area contributed by atoms with Gasteiger partial charge in [0.15, 0.2) is 5.76 Å². The number of carbonyl (C=O) groups excluding carboxylic acids is 1. The van der Waals surface area contributed by atoms with Crippen molar-refractivity contribution in [3.63, 3.8) is 0 Å². The van der Waals surface area contributed by atoms with Gasteiger partial charge in [0.2, 0.25) is 0 Å². The number of amides is 1. The van der Waals surface area contributed by atoms with Gasteiger partial charge < -0.3 is 19.6 Å². The van der Waals surface area contributed by atoms with E-state index in [-0.39, 0.29) is 23.0 Å². The van der Waals surface area contributed by atoms with Gasteiger partial charge in [-0.3, -0.25) is 4.79 Å². The summed E-state index contributed by atoms with van der Waals surface area (Å²) in [4.78, 5) is 22.4. The fraction of sp³-hybridized carbons (Fsp3) is 0.538. The highest BCUT2D eigenvalue weighted by Gasteiger charge is 2.31. The highest BCUT2D eigenvalue weighted by molar-refractivity contribution is 5.95. The van der Waals surface area contributed by atoms with Crippen LogP contribution < -0.4 is 5.32 Å². The zero-order valence-electron chi connectivity index (χ0n) is 10.9. The van der Waals surface area contributed by atoms with E-state index >= 15 is 0 Å². The zero-order valence-corrected chi connectivity index (χ0v) is 10.9. The summed E-state index contributed by atoms with van der Waals surface area (Å²) in [6.45, 7) is 4.42. The van der Waals surface area contributed by atoms with E-state index < -0.39 is 11.9 Å². The second-order valence-corrected chi connectivity index (χ2v) is 5.25. The van der Waals surface area contributed by atoms with Crippen molar-refractivity contribution in [1.82, 2.24) is 5.32 Å². The fourth-order valence-electron chi connectivity index (χ4n) is 2.08. The normalized spacial score (nSPS) is 21.3.